The van der Waals surface area contributed by atoms with E-state index in [1.165, 1.54) is 0 Å². The number of aryl methyl sites for hydroxylation is 1. The number of carbonyl (C=O) groups excluding carboxylic acids is 2. The smallest absolute Gasteiger partial charge is 0.358 e. The lowest BCUT2D eigenvalue weighted by Gasteiger charge is -2.13. The lowest BCUT2D eigenvalue weighted by molar-refractivity contribution is 0.0519. The second kappa shape index (κ2) is 8.34. The molecule has 0 fully saturated rings. The standard InChI is InChI=1S/C22H26N4O3/c1-6-29-22(28)20-10-11-25(24-20)18-9-7-8-17(13-18)23-21(27)19-12-15(4)26(14(2)3)16(19)5/h7-14H,6H2,1-5H3,(H,23,27). The summed E-state index contributed by atoms with van der Waals surface area (Å²) >= 11 is 0. The van der Waals surface area contributed by atoms with Crippen LogP contribution in [0.1, 0.15) is 59.0 Å². The van der Waals surface area contributed by atoms with Crippen LogP contribution in [0, 0.1) is 13.8 Å². The van der Waals surface area contributed by atoms with Crippen LogP contribution in [0.5, 0.6) is 0 Å². The van der Waals surface area contributed by atoms with E-state index in [1.807, 2.05) is 44.2 Å². The van der Waals surface area contributed by atoms with Crippen molar-refractivity contribution in [3.8, 4) is 5.69 Å². The highest BCUT2D eigenvalue weighted by Crippen LogP contribution is 2.22. The molecule has 3 rings (SSSR count). The van der Waals surface area contributed by atoms with E-state index >= 15 is 0 Å². The molecule has 1 aromatic carbocycles. The highest BCUT2D eigenvalue weighted by molar-refractivity contribution is 6.05. The molecule has 3 aromatic rings. The van der Waals surface area contributed by atoms with E-state index in [-0.39, 0.29) is 17.6 Å². The van der Waals surface area contributed by atoms with Crippen molar-refractivity contribution in [1.29, 1.82) is 0 Å². The SMILES string of the molecule is CCOC(=O)c1ccn(-c2cccc(NC(=O)c3cc(C)n(C(C)C)c3C)c2)n1. The number of anilines is 1. The number of ether oxygens (including phenoxy) is 1. The lowest BCUT2D eigenvalue weighted by Crippen LogP contribution is -2.14. The highest BCUT2D eigenvalue weighted by Gasteiger charge is 2.17. The molecule has 0 aliphatic heterocycles. The zero-order chi connectivity index (χ0) is 21.1. The zero-order valence-electron chi connectivity index (χ0n) is 17.4. The Bertz CT molecular complexity index is 1050. The molecule has 2 aromatic heterocycles. The third-order valence-electron chi connectivity index (χ3n) is 4.69. The predicted molar refractivity (Wildman–Crippen MR) is 112 cm³/mol. The van der Waals surface area contributed by atoms with Gasteiger partial charge in [0.2, 0.25) is 0 Å². The fourth-order valence-electron chi connectivity index (χ4n) is 3.51. The number of carbonyl (C=O) groups is 2. The van der Waals surface area contributed by atoms with Crippen LogP contribution in [0.4, 0.5) is 5.69 Å². The number of rotatable bonds is 6. The first-order valence-corrected chi connectivity index (χ1v) is 9.64. The fraction of sp³-hybridized carbons (Fsp3) is 0.318. The van der Waals surface area contributed by atoms with Crippen LogP contribution in [0.15, 0.2) is 42.6 Å². The lowest BCUT2D eigenvalue weighted by atomic mass is 10.2. The number of esters is 1. The first-order chi connectivity index (χ1) is 13.8. The summed E-state index contributed by atoms with van der Waals surface area (Å²) in [6.45, 7) is 10.2. The third-order valence-corrected chi connectivity index (χ3v) is 4.69. The summed E-state index contributed by atoms with van der Waals surface area (Å²) < 4.78 is 8.69. The summed E-state index contributed by atoms with van der Waals surface area (Å²) in [5.74, 6) is -0.619. The van der Waals surface area contributed by atoms with E-state index in [2.05, 4.69) is 28.8 Å². The number of benzene rings is 1. The number of hydrogen-bond donors (Lipinski definition) is 1. The second-order valence-electron chi connectivity index (χ2n) is 7.12. The molecule has 0 spiro atoms. The molecule has 0 unspecified atom stereocenters. The zero-order valence-corrected chi connectivity index (χ0v) is 17.4. The van der Waals surface area contributed by atoms with Crippen molar-refractivity contribution in [1.82, 2.24) is 14.3 Å². The minimum Gasteiger partial charge on any atom is -0.461 e. The van der Waals surface area contributed by atoms with Crippen molar-refractivity contribution in [3.63, 3.8) is 0 Å². The van der Waals surface area contributed by atoms with Gasteiger partial charge in [-0.25, -0.2) is 9.48 Å². The molecule has 0 radical (unpaired) electrons. The van der Waals surface area contributed by atoms with E-state index in [1.54, 1.807) is 23.9 Å². The van der Waals surface area contributed by atoms with Crippen molar-refractivity contribution in [3.05, 3.63) is 65.2 Å². The number of hydrogen-bond acceptors (Lipinski definition) is 4. The molecular formula is C22H26N4O3. The summed E-state index contributed by atoms with van der Waals surface area (Å²) in [6, 6.07) is 11.1. The van der Waals surface area contributed by atoms with Gasteiger partial charge in [0, 0.05) is 29.3 Å². The van der Waals surface area contributed by atoms with Crippen molar-refractivity contribution in [2.75, 3.05) is 11.9 Å². The van der Waals surface area contributed by atoms with Crippen LogP contribution in [0.2, 0.25) is 0 Å². The largest absolute Gasteiger partial charge is 0.461 e. The van der Waals surface area contributed by atoms with Crippen LogP contribution in [-0.4, -0.2) is 32.8 Å². The van der Waals surface area contributed by atoms with Gasteiger partial charge >= 0.3 is 5.97 Å². The predicted octanol–water partition coefficient (Wildman–Crippen LogP) is 4.30. The molecule has 0 bridgehead atoms. The molecule has 29 heavy (non-hydrogen) atoms. The molecule has 1 amide bonds. The van der Waals surface area contributed by atoms with Gasteiger partial charge in [-0.1, -0.05) is 6.07 Å². The number of amides is 1. The molecule has 0 atom stereocenters. The topological polar surface area (TPSA) is 78.1 Å². The molecule has 0 saturated heterocycles. The summed E-state index contributed by atoms with van der Waals surface area (Å²) in [7, 11) is 0. The second-order valence-corrected chi connectivity index (χ2v) is 7.12. The number of nitrogens with one attached hydrogen (secondary N) is 1. The Morgan fingerprint density at radius 2 is 1.93 bits per heavy atom. The average Bonchev–Trinajstić information content (AvgIpc) is 3.27. The van der Waals surface area contributed by atoms with Crippen LogP contribution in [0.3, 0.4) is 0 Å². The van der Waals surface area contributed by atoms with Crippen LogP contribution >= 0.6 is 0 Å². The molecule has 1 N–H and O–H groups in total. The quantitative estimate of drug-likeness (QED) is 0.632. The Balaban J connectivity index is 1.81. The van der Waals surface area contributed by atoms with Gasteiger partial charge in [0.1, 0.15) is 0 Å². The molecule has 0 aliphatic rings. The van der Waals surface area contributed by atoms with E-state index < -0.39 is 5.97 Å². The summed E-state index contributed by atoms with van der Waals surface area (Å²) in [5, 5.41) is 7.21. The van der Waals surface area contributed by atoms with Crippen LogP contribution in [-0.2, 0) is 4.74 Å². The molecule has 152 valence electrons. The van der Waals surface area contributed by atoms with Gasteiger partial charge in [-0.3, -0.25) is 4.79 Å². The third kappa shape index (κ3) is 4.23. The summed E-state index contributed by atoms with van der Waals surface area (Å²) in [5.41, 5.74) is 4.27. The van der Waals surface area contributed by atoms with Crippen LogP contribution < -0.4 is 5.32 Å². The van der Waals surface area contributed by atoms with Crippen molar-refractivity contribution < 1.29 is 14.3 Å². The Kier molecular flexibility index (Phi) is 5.87. The number of aromatic nitrogens is 3. The van der Waals surface area contributed by atoms with Gasteiger partial charge in [-0.15, -0.1) is 0 Å². The Morgan fingerprint density at radius 1 is 1.17 bits per heavy atom. The maximum Gasteiger partial charge on any atom is 0.358 e. The average molecular weight is 394 g/mol. The Labute approximate surface area is 170 Å². The van der Waals surface area contributed by atoms with E-state index in [0.29, 0.717) is 17.9 Å². The highest BCUT2D eigenvalue weighted by atomic mass is 16.5. The van der Waals surface area contributed by atoms with Gasteiger partial charge in [0.05, 0.1) is 17.9 Å². The molecule has 7 nitrogen and oxygen atoms in total. The van der Waals surface area contributed by atoms with E-state index in [9.17, 15) is 9.59 Å². The molecule has 0 saturated carbocycles. The van der Waals surface area contributed by atoms with Crippen LogP contribution in [0.25, 0.3) is 5.69 Å². The first-order valence-electron chi connectivity index (χ1n) is 9.64. The maximum absolute atomic E-state index is 12.8. The Morgan fingerprint density at radius 3 is 2.59 bits per heavy atom. The van der Waals surface area contributed by atoms with Crippen molar-refractivity contribution in [2.45, 2.75) is 40.7 Å². The molecule has 0 aliphatic carbocycles. The monoisotopic (exact) mass is 394 g/mol. The fourth-order valence-corrected chi connectivity index (χ4v) is 3.51. The molecular weight excluding hydrogens is 368 g/mol. The van der Waals surface area contributed by atoms with E-state index in [4.69, 9.17) is 4.74 Å². The van der Waals surface area contributed by atoms with E-state index in [0.717, 1.165) is 17.1 Å². The summed E-state index contributed by atoms with van der Waals surface area (Å²) in [4.78, 5) is 24.6. The van der Waals surface area contributed by atoms with Gasteiger partial charge in [0.15, 0.2) is 5.69 Å². The Hall–Kier alpha value is -3.35. The summed E-state index contributed by atoms with van der Waals surface area (Å²) in [6.07, 6.45) is 1.68. The van der Waals surface area contributed by atoms with Crippen molar-refractivity contribution in [2.24, 2.45) is 0 Å². The minimum absolute atomic E-state index is 0.158. The molecule has 7 heteroatoms. The normalized spacial score (nSPS) is 11.0. The van der Waals surface area contributed by atoms with Crippen molar-refractivity contribution >= 4 is 17.6 Å². The van der Waals surface area contributed by atoms with Gasteiger partial charge < -0.3 is 14.6 Å². The minimum atomic E-state index is -0.462. The first kappa shape index (κ1) is 20.4. The maximum atomic E-state index is 12.8. The number of nitrogens with zero attached hydrogens (tertiary/aromatic N) is 3. The van der Waals surface area contributed by atoms with Gasteiger partial charge in [-0.2, -0.15) is 5.10 Å². The van der Waals surface area contributed by atoms with Gasteiger partial charge in [-0.05, 0) is 65.0 Å². The van der Waals surface area contributed by atoms with Gasteiger partial charge in [0.25, 0.3) is 5.91 Å². The molecule has 2 heterocycles.